The maximum Gasteiger partial charge on any atom is 0.326 e. The predicted molar refractivity (Wildman–Crippen MR) is 107 cm³/mol. The number of hydrogen-bond donors (Lipinski definition) is 0. The lowest BCUT2D eigenvalue weighted by Gasteiger charge is -2.21. The first kappa shape index (κ1) is 20.5. The summed E-state index contributed by atoms with van der Waals surface area (Å²) in [5.74, 6) is -0.532. The molecule has 0 saturated carbocycles. The van der Waals surface area contributed by atoms with E-state index in [4.69, 9.17) is 9.47 Å². The van der Waals surface area contributed by atoms with Gasteiger partial charge in [-0.15, -0.1) is 11.3 Å². The smallest absolute Gasteiger partial charge is 0.326 e. The summed E-state index contributed by atoms with van der Waals surface area (Å²) in [6, 6.07) is 0. The van der Waals surface area contributed by atoms with Crippen molar-refractivity contribution in [2.24, 2.45) is 5.92 Å². The number of thiophene rings is 1. The van der Waals surface area contributed by atoms with Crippen molar-refractivity contribution >= 4 is 33.5 Å². The number of ether oxygens (including phenoxy) is 2. The van der Waals surface area contributed by atoms with Crippen LogP contribution in [0.3, 0.4) is 0 Å². The molecule has 0 amide bonds. The van der Waals surface area contributed by atoms with Gasteiger partial charge in [0.2, 0.25) is 0 Å². The number of hydrogen-bond acceptors (Lipinski definition) is 7. The molecule has 1 aliphatic rings. The number of carbonyl (C=O) groups excluding carboxylic acids is 2. The minimum atomic E-state index is -0.467. The molecule has 0 bridgehead atoms. The molecule has 3 rings (SSSR count). The minimum absolute atomic E-state index is 0.185. The van der Waals surface area contributed by atoms with Crippen molar-refractivity contribution in [1.82, 2.24) is 9.55 Å². The Kier molecular flexibility index (Phi) is 6.17. The summed E-state index contributed by atoms with van der Waals surface area (Å²) in [5, 5.41) is 0.444. The molecule has 7 nitrogen and oxygen atoms in total. The van der Waals surface area contributed by atoms with Crippen molar-refractivity contribution in [2.75, 3.05) is 13.2 Å². The predicted octanol–water partition coefficient (Wildman–Crippen LogP) is 2.95. The number of esters is 2. The molecule has 0 fully saturated rings. The molecule has 0 spiro atoms. The first-order chi connectivity index (χ1) is 13.3. The van der Waals surface area contributed by atoms with Gasteiger partial charge in [-0.2, -0.15) is 0 Å². The Morgan fingerprint density at radius 2 is 2.07 bits per heavy atom. The van der Waals surface area contributed by atoms with Crippen LogP contribution < -0.4 is 5.56 Å². The molecule has 152 valence electrons. The molecule has 2 aromatic rings. The summed E-state index contributed by atoms with van der Waals surface area (Å²) in [6.45, 7) is 7.80. The Balaban J connectivity index is 2.04. The van der Waals surface area contributed by atoms with Crippen molar-refractivity contribution in [3.05, 3.63) is 26.6 Å². The van der Waals surface area contributed by atoms with E-state index in [1.165, 1.54) is 15.9 Å². The normalized spacial score (nSPS) is 16.2. The van der Waals surface area contributed by atoms with E-state index in [1.54, 1.807) is 13.8 Å². The number of rotatable bonds is 6. The van der Waals surface area contributed by atoms with Gasteiger partial charge in [0.15, 0.2) is 0 Å². The fourth-order valence-corrected chi connectivity index (χ4v) is 4.83. The summed E-state index contributed by atoms with van der Waals surface area (Å²) >= 11 is 1.46. The van der Waals surface area contributed by atoms with E-state index < -0.39 is 11.9 Å². The zero-order valence-corrected chi connectivity index (χ0v) is 17.6. The summed E-state index contributed by atoms with van der Waals surface area (Å²) in [6.07, 6.45) is 2.35. The van der Waals surface area contributed by atoms with Gasteiger partial charge in [0, 0.05) is 4.88 Å². The quantitative estimate of drug-likeness (QED) is 0.686. The molecular weight excluding hydrogens is 380 g/mol. The molecule has 0 radical (unpaired) electrons. The zero-order valence-electron chi connectivity index (χ0n) is 16.7. The van der Waals surface area contributed by atoms with E-state index in [9.17, 15) is 14.4 Å². The number of aromatic nitrogens is 2. The van der Waals surface area contributed by atoms with Crippen LogP contribution in [0.2, 0.25) is 0 Å². The van der Waals surface area contributed by atoms with Gasteiger partial charge in [-0.1, -0.05) is 13.8 Å². The zero-order chi connectivity index (χ0) is 20.4. The summed E-state index contributed by atoms with van der Waals surface area (Å²) in [4.78, 5) is 44.1. The molecule has 1 atom stereocenters. The highest BCUT2D eigenvalue weighted by atomic mass is 32.1. The molecule has 0 aromatic carbocycles. The maximum atomic E-state index is 13.3. The second-order valence-corrected chi connectivity index (χ2v) is 8.53. The highest BCUT2D eigenvalue weighted by Crippen LogP contribution is 2.41. The van der Waals surface area contributed by atoms with Crippen LogP contribution in [-0.2, 0) is 32.0 Å². The molecule has 1 aliphatic carbocycles. The number of aryl methyl sites for hydroxylation is 2. The standard InChI is InChI=1S/C20H26N2O5S/c1-5-26-20(25)13-7-6-8-14-16(13)17-18(28-14)21-12(4)22(19(17)24)9-15(23)27-10-11(2)3/h11,13H,5-10H2,1-4H3. The third kappa shape index (κ3) is 3.97. The second-order valence-electron chi connectivity index (χ2n) is 7.44. The molecule has 0 aliphatic heterocycles. The van der Waals surface area contributed by atoms with Crippen LogP contribution in [0.1, 0.15) is 55.8 Å². The van der Waals surface area contributed by atoms with Gasteiger partial charge in [-0.25, -0.2) is 4.98 Å². The first-order valence-corrected chi connectivity index (χ1v) is 10.5. The fourth-order valence-electron chi connectivity index (χ4n) is 3.52. The molecule has 28 heavy (non-hydrogen) atoms. The largest absolute Gasteiger partial charge is 0.466 e. The van der Waals surface area contributed by atoms with E-state index in [0.717, 1.165) is 23.3 Å². The number of nitrogens with zero attached hydrogens (tertiary/aromatic N) is 2. The lowest BCUT2D eigenvalue weighted by Crippen LogP contribution is -2.30. The van der Waals surface area contributed by atoms with Crippen molar-refractivity contribution in [2.45, 2.75) is 59.4 Å². The fraction of sp³-hybridized carbons (Fsp3) is 0.600. The van der Waals surface area contributed by atoms with E-state index in [2.05, 4.69) is 4.98 Å². The molecule has 2 aromatic heterocycles. The minimum Gasteiger partial charge on any atom is -0.466 e. The third-order valence-corrected chi connectivity index (χ3v) is 5.96. The number of fused-ring (bicyclic) bond motifs is 3. The Hall–Kier alpha value is -2.22. The molecule has 8 heteroatoms. The average molecular weight is 407 g/mol. The molecule has 0 saturated heterocycles. The van der Waals surface area contributed by atoms with E-state index in [1.807, 2.05) is 13.8 Å². The molecule has 1 unspecified atom stereocenters. The van der Waals surface area contributed by atoms with Crippen LogP contribution in [0.4, 0.5) is 0 Å². The van der Waals surface area contributed by atoms with Crippen LogP contribution >= 0.6 is 11.3 Å². The van der Waals surface area contributed by atoms with Crippen LogP contribution in [0.25, 0.3) is 10.2 Å². The van der Waals surface area contributed by atoms with E-state index >= 15 is 0 Å². The third-order valence-electron chi connectivity index (χ3n) is 4.80. The maximum absolute atomic E-state index is 13.3. The van der Waals surface area contributed by atoms with Gasteiger partial charge in [0.05, 0.1) is 24.5 Å². The molecule has 0 N–H and O–H groups in total. The van der Waals surface area contributed by atoms with Crippen molar-refractivity contribution < 1.29 is 19.1 Å². The summed E-state index contributed by atoms with van der Waals surface area (Å²) in [7, 11) is 0. The lowest BCUT2D eigenvalue weighted by atomic mass is 9.86. The highest BCUT2D eigenvalue weighted by Gasteiger charge is 2.33. The van der Waals surface area contributed by atoms with Crippen molar-refractivity contribution in [3.63, 3.8) is 0 Å². The lowest BCUT2D eigenvalue weighted by molar-refractivity contribution is -0.146. The molecule has 2 heterocycles. The van der Waals surface area contributed by atoms with Gasteiger partial charge >= 0.3 is 11.9 Å². The number of carbonyl (C=O) groups is 2. The Morgan fingerprint density at radius 3 is 2.75 bits per heavy atom. The van der Waals surface area contributed by atoms with Crippen LogP contribution in [0.5, 0.6) is 0 Å². The van der Waals surface area contributed by atoms with Gasteiger partial charge < -0.3 is 9.47 Å². The highest BCUT2D eigenvalue weighted by molar-refractivity contribution is 7.18. The summed E-state index contributed by atoms with van der Waals surface area (Å²) in [5.41, 5.74) is 0.448. The van der Waals surface area contributed by atoms with Gasteiger partial charge in [-0.05, 0) is 44.6 Å². The van der Waals surface area contributed by atoms with Gasteiger partial charge in [0.1, 0.15) is 17.2 Å². The molecular formula is C20H26N2O5S. The monoisotopic (exact) mass is 406 g/mol. The van der Waals surface area contributed by atoms with Crippen LogP contribution in [0, 0.1) is 12.8 Å². The van der Waals surface area contributed by atoms with Crippen LogP contribution in [-0.4, -0.2) is 34.7 Å². The average Bonchev–Trinajstić information content (AvgIpc) is 3.01. The Morgan fingerprint density at radius 1 is 1.32 bits per heavy atom. The van der Waals surface area contributed by atoms with Crippen molar-refractivity contribution in [3.8, 4) is 0 Å². The summed E-state index contributed by atoms with van der Waals surface area (Å²) < 4.78 is 11.8. The topological polar surface area (TPSA) is 87.5 Å². The van der Waals surface area contributed by atoms with E-state index in [-0.39, 0.29) is 24.0 Å². The van der Waals surface area contributed by atoms with Crippen LogP contribution in [0.15, 0.2) is 4.79 Å². The second kappa shape index (κ2) is 8.43. The van der Waals surface area contributed by atoms with Gasteiger partial charge in [0.25, 0.3) is 5.56 Å². The Labute approximate surface area is 167 Å². The first-order valence-electron chi connectivity index (χ1n) is 9.68. The Bertz CT molecular complexity index is 960. The SMILES string of the molecule is CCOC(=O)C1CCCc2sc3nc(C)n(CC(=O)OCC(C)C)c(=O)c3c21. The van der Waals surface area contributed by atoms with Crippen molar-refractivity contribution in [1.29, 1.82) is 0 Å². The van der Waals surface area contributed by atoms with E-state index in [0.29, 0.717) is 35.7 Å². The van der Waals surface area contributed by atoms with Gasteiger partial charge in [-0.3, -0.25) is 19.0 Å².